The molecular formula is C19H35N3O2. The molecular weight excluding hydrogens is 302 g/mol. The number of carbonyl (C=O) groups is 1. The maximum atomic E-state index is 12.0. The first-order chi connectivity index (χ1) is 11.7. The summed E-state index contributed by atoms with van der Waals surface area (Å²) in [5.41, 5.74) is 6.26. The van der Waals surface area contributed by atoms with Crippen LogP contribution in [0.25, 0.3) is 0 Å². The molecule has 0 saturated heterocycles. The lowest BCUT2D eigenvalue weighted by atomic mass is 10.1. The zero-order chi connectivity index (χ0) is 17.6. The zero-order valence-corrected chi connectivity index (χ0v) is 15.5. The Morgan fingerprint density at radius 1 is 1.08 bits per heavy atom. The van der Waals surface area contributed by atoms with E-state index >= 15 is 0 Å². The van der Waals surface area contributed by atoms with E-state index in [1.807, 2.05) is 0 Å². The Balaban J connectivity index is 2.08. The molecule has 0 aliphatic heterocycles. The molecule has 0 aromatic carbocycles. The lowest BCUT2D eigenvalue weighted by molar-refractivity contribution is 0.0948. The van der Waals surface area contributed by atoms with Gasteiger partial charge >= 0.3 is 0 Å². The van der Waals surface area contributed by atoms with Crippen LogP contribution in [0.15, 0.2) is 10.7 Å². The third-order valence-electron chi connectivity index (χ3n) is 4.24. The second kappa shape index (κ2) is 13.0. The molecule has 138 valence electrons. The highest BCUT2D eigenvalue weighted by atomic mass is 16.3. The Morgan fingerprint density at radius 3 is 2.33 bits per heavy atom. The van der Waals surface area contributed by atoms with E-state index in [0.29, 0.717) is 18.1 Å². The highest BCUT2D eigenvalue weighted by Gasteiger charge is 2.15. The fourth-order valence-electron chi connectivity index (χ4n) is 2.72. The van der Waals surface area contributed by atoms with Crippen LogP contribution in [0.4, 0.5) is 0 Å². The van der Waals surface area contributed by atoms with Gasteiger partial charge < -0.3 is 15.5 Å². The molecule has 0 aliphatic carbocycles. The average Bonchev–Trinajstić information content (AvgIpc) is 3.07. The molecule has 1 rings (SSSR count). The lowest BCUT2D eigenvalue weighted by Gasteiger charge is -2.04. The summed E-state index contributed by atoms with van der Waals surface area (Å²) < 4.78 is 5.30. The predicted molar refractivity (Wildman–Crippen MR) is 97.9 cm³/mol. The number of aromatic nitrogens is 1. The minimum atomic E-state index is -0.228. The Kier molecular flexibility index (Phi) is 11.2. The van der Waals surface area contributed by atoms with Crippen LogP contribution in [0.2, 0.25) is 0 Å². The summed E-state index contributed by atoms with van der Waals surface area (Å²) in [5.74, 6) is 0.276. The summed E-state index contributed by atoms with van der Waals surface area (Å²) in [5, 5.41) is 2.90. The normalized spacial score (nSPS) is 12.3. The van der Waals surface area contributed by atoms with Gasteiger partial charge in [0, 0.05) is 6.54 Å². The van der Waals surface area contributed by atoms with Gasteiger partial charge in [0.05, 0.1) is 6.04 Å². The molecule has 1 atom stereocenters. The Labute approximate surface area is 146 Å². The highest BCUT2D eigenvalue weighted by molar-refractivity contribution is 5.91. The van der Waals surface area contributed by atoms with Gasteiger partial charge in [-0.05, 0) is 12.8 Å². The van der Waals surface area contributed by atoms with Crippen LogP contribution < -0.4 is 11.1 Å². The van der Waals surface area contributed by atoms with Gasteiger partial charge in [-0.1, -0.05) is 71.6 Å². The smallest absolute Gasteiger partial charge is 0.273 e. The molecule has 0 fully saturated rings. The number of oxazole rings is 1. The molecule has 1 heterocycles. The first-order valence-corrected chi connectivity index (χ1v) is 9.68. The number of nitrogens with zero attached hydrogens (tertiary/aromatic N) is 1. The number of unbranched alkanes of at least 4 members (excludes halogenated alkanes) is 8. The molecule has 24 heavy (non-hydrogen) atoms. The number of nitrogens with two attached hydrogens (primary N) is 1. The van der Waals surface area contributed by atoms with E-state index in [0.717, 1.165) is 19.3 Å². The molecule has 0 saturated carbocycles. The molecule has 0 radical (unpaired) electrons. The van der Waals surface area contributed by atoms with Gasteiger partial charge in [-0.3, -0.25) is 4.79 Å². The Hall–Kier alpha value is -1.36. The van der Waals surface area contributed by atoms with E-state index in [-0.39, 0.29) is 11.9 Å². The molecule has 0 spiro atoms. The monoisotopic (exact) mass is 337 g/mol. The fourth-order valence-corrected chi connectivity index (χ4v) is 2.72. The van der Waals surface area contributed by atoms with Gasteiger partial charge in [0.2, 0.25) is 5.89 Å². The van der Waals surface area contributed by atoms with E-state index in [1.54, 1.807) is 0 Å². The van der Waals surface area contributed by atoms with Crippen molar-refractivity contribution in [2.24, 2.45) is 5.73 Å². The molecule has 1 aromatic rings. The Bertz CT molecular complexity index is 446. The molecule has 5 heteroatoms. The average molecular weight is 338 g/mol. The zero-order valence-electron chi connectivity index (χ0n) is 15.5. The molecule has 5 nitrogen and oxygen atoms in total. The topological polar surface area (TPSA) is 81.2 Å². The minimum absolute atomic E-state index is 0.173. The van der Waals surface area contributed by atoms with Crippen LogP contribution >= 0.6 is 0 Å². The molecule has 1 aromatic heterocycles. The van der Waals surface area contributed by atoms with Crippen LogP contribution in [0.5, 0.6) is 0 Å². The van der Waals surface area contributed by atoms with Gasteiger partial charge in [-0.15, -0.1) is 0 Å². The van der Waals surface area contributed by atoms with Crippen molar-refractivity contribution in [2.75, 3.05) is 6.54 Å². The maximum absolute atomic E-state index is 12.0. The minimum Gasteiger partial charge on any atom is -0.446 e. The summed E-state index contributed by atoms with van der Waals surface area (Å²) in [6, 6.07) is -0.228. The second-order valence-electron chi connectivity index (χ2n) is 6.55. The molecule has 0 bridgehead atoms. The van der Waals surface area contributed by atoms with E-state index < -0.39 is 0 Å². The van der Waals surface area contributed by atoms with Crippen molar-refractivity contribution in [3.05, 3.63) is 17.8 Å². The molecule has 1 unspecified atom stereocenters. The van der Waals surface area contributed by atoms with E-state index in [1.165, 1.54) is 57.6 Å². The van der Waals surface area contributed by atoms with Crippen molar-refractivity contribution in [3.63, 3.8) is 0 Å². The maximum Gasteiger partial charge on any atom is 0.273 e. The summed E-state index contributed by atoms with van der Waals surface area (Å²) in [4.78, 5) is 16.2. The van der Waals surface area contributed by atoms with Crippen LogP contribution in [0, 0.1) is 0 Å². The number of hydrogen-bond acceptors (Lipinski definition) is 4. The van der Waals surface area contributed by atoms with Crippen LogP contribution in [-0.2, 0) is 0 Å². The van der Waals surface area contributed by atoms with Crippen molar-refractivity contribution >= 4 is 5.91 Å². The largest absolute Gasteiger partial charge is 0.446 e. The van der Waals surface area contributed by atoms with Gasteiger partial charge in [-0.2, -0.15) is 0 Å². The number of hydrogen-bond donors (Lipinski definition) is 2. The second-order valence-corrected chi connectivity index (χ2v) is 6.55. The summed E-state index contributed by atoms with van der Waals surface area (Å²) in [7, 11) is 0. The molecule has 1 amide bonds. The number of amides is 1. The van der Waals surface area contributed by atoms with Crippen LogP contribution in [0.1, 0.15) is 107 Å². The van der Waals surface area contributed by atoms with Crippen molar-refractivity contribution in [1.29, 1.82) is 0 Å². The fraction of sp³-hybridized carbons (Fsp3) is 0.789. The summed E-state index contributed by atoms with van der Waals surface area (Å²) >= 11 is 0. The quantitative estimate of drug-likeness (QED) is 0.481. The first kappa shape index (κ1) is 20.7. The van der Waals surface area contributed by atoms with Gasteiger partial charge in [-0.25, -0.2) is 4.98 Å². The first-order valence-electron chi connectivity index (χ1n) is 9.68. The van der Waals surface area contributed by atoms with Crippen molar-refractivity contribution in [1.82, 2.24) is 10.3 Å². The molecule has 3 N–H and O–H groups in total. The van der Waals surface area contributed by atoms with Crippen LogP contribution in [-0.4, -0.2) is 17.4 Å². The number of carbonyl (C=O) groups excluding carboxylic acids is 1. The van der Waals surface area contributed by atoms with Crippen LogP contribution in [0.3, 0.4) is 0 Å². The molecule has 0 aliphatic rings. The standard InChI is InChI=1S/C19H35N3O2/c1-3-5-6-7-8-9-10-11-12-14-21-18(23)17-15-24-19(22-17)16(20)13-4-2/h15-16H,3-14,20H2,1-2H3,(H,21,23). The van der Waals surface area contributed by atoms with Crippen molar-refractivity contribution in [2.45, 2.75) is 90.5 Å². The Morgan fingerprint density at radius 2 is 1.71 bits per heavy atom. The SMILES string of the molecule is CCCCCCCCCCCNC(=O)c1coc(C(N)CCC)n1. The lowest BCUT2D eigenvalue weighted by Crippen LogP contribution is -2.25. The number of nitrogens with one attached hydrogen (secondary N) is 1. The van der Waals surface area contributed by atoms with Gasteiger partial charge in [0.1, 0.15) is 6.26 Å². The summed E-state index contributed by atoms with van der Waals surface area (Å²) in [6.07, 6.45) is 14.6. The van der Waals surface area contributed by atoms with Gasteiger partial charge in [0.25, 0.3) is 5.91 Å². The third kappa shape index (κ3) is 8.48. The summed E-state index contributed by atoms with van der Waals surface area (Å²) in [6.45, 7) is 4.99. The van der Waals surface area contributed by atoms with E-state index in [9.17, 15) is 4.79 Å². The predicted octanol–water partition coefficient (Wildman–Crippen LogP) is 4.74. The van der Waals surface area contributed by atoms with Crippen molar-refractivity contribution in [3.8, 4) is 0 Å². The van der Waals surface area contributed by atoms with E-state index in [4.69, 9.17) is 10.2 Å². The third-order valence-corrected chi connectivity index (χ3v) is 4.24. The number of rotatable bonds is 14. The van der Waals surface area contributed by atoms with Gasteiger partial charge in [0.15, 0.2) is 5.69 Å². The van der Waals surface area contributed by atoms with E-state index in [2.05, 4.69) is 24.1 Å². The highest BCUT2D eigenvalue weighted by Crippen LogP contribution is 2.15. The van der Waals surface area contributed by atoms with Crippen molar-refractivity contribution < 1.29 is 9.21 Å².